The van der Waals surface area contributed by atoms with Crippen molar-refractivity contribution in [3.05, 3.63) is 34.7 Å². The van der Waals surface area contributed by atoms with Crippen LogP contribution in [0.2, 0.25) is 0 Å². The van der Waals surface area contributed by atoms with Gasteiger partial charge in [-0.05, 0) is 49.7 Å². The highest BCUT2D eigenvalue weighted by Crippen LogP contribution is 2.39. The van der Waals surface area contributed by atoms with Crippen LogP contribution in [0, 0.1) is 23.7 Å². The van der Waals surface area contributed by atoms with E-state index in [9.17, 15) is 9.59 Å². The Morgan fingerprint density at radius 2 is 1.85 bits per heavy atom. The lowest BCUT2D eigenvalue weighted by Crippen LogP contribution is -2.41. The summed E-state index contributed by atoms with van der Waals surface area (Å²) in [6, 6.07) is 7.38. The zero-order chi connectivity index (χ0) is 19.0. The van der Waals surface area contributed by atoms with E-state index in [2.05, 4.69) is 20.8 Å². The summed E-state index contributed by atoms with van der Waals surface area (Å²) in [7, 11) is 0. The Morgan fingerprint density at radius 1 is 1.19 bits per heavy atom. The van der Waals surface area contributed by atoms with Gasteiger partial charge in [-0.1, -0.05) is 39.3 Å². The highest BCUT2D eigenvalue weighted by atomic mass is 16.2. The van der Waals surface area contributed by atoms with Gasteiger partial charge in [-0.25, -0.2) is 9.36 Å². The van der Waals surface area contributed by atoms with Gasteiger partial charge in [0.25, 0.3) is 0 Å². The Kier molecular flexibility index (Phi) is 5.37. The predicted molar refractivity (Wildman–Crippen MR) is 105 cm³/mol. The zero-order valence-corrected chi connectivity index (χ0v) is 16.3. The van der Waals surface area contributed by atoms with E-state index in [0.717, 1.165) is 24.8 Å². The van der Waals surface area contributed by atoms with E-state index in [-0.39, 0.29) is 23.6 Å². The van der Waals surface area contributed by atoms with Gasteiger partial charge in [0.1, 0.15) is 0 Å². The number of hydrogen-bond donors (Lipinski definition) is 1. The number of fused-ring (bicyclic) bond motifs is 1. The lowest BCUT2D eigenvalue weighted by Gasteiger charge is -2.36. The van der Waals surface area contributed by atoms with E-state index in [4.69, 9.17) is 5.73 Å². The van der Waals surface area contributed by atoms with E-state index in [1.165, 1.54) is 4.57 Å². The Balaban J connectivity index is 2.10. The minimum Gasteiger partial charge on any atom is -0.326 e. The van der Waals surface area contributed by atoms with Crippen LogP contribution >= 0.6 is 0 Å². The molecule has 142 valence electrons. The minimum absolute atomic E-state index is 0.0418. The van der Waals surface area contributed by atoms with Crippen LogP contribution in [0.5, 0.6) is 0 Å². The predicted octanol–water partition coefficient (Wildman–Crippen LogP) is 3.50. The topological polar surface area (TPSA) is 70.0 Å². The fourth-order valence-electron chi connectivity index (χ4n) is 4.54. The molecule has 0 radical (unpaired) electrons. The lowest BCUT2D eigenvalue weighted by atomic mass is 9.69. The smallest absolute Gasteiger partial charge is 0.326 e. The summed E-state index contributed by atoms with van der Waals surface area (Å²) < 4.78 is 3.06. The number of para-hydroxylation sites is 2. The van der Waals surface area contributed by atoms with Crippen LogP contribution in [0.1, 0.15) is 51.8 Å². The van der Waals surface area contributed by atoms with Gasteiger partial charge in [0, 0.05) is 18.5 Å². The van der Waals surface area contributed by atoms with Crippen molar-refractivity contribution in [2.45, 2.75) is 59.5 Å². The molecule has 1 aromatic carbocycles. The zero-order valence-electron chi connectivity index (χ0n) is 16.3. The van der Waals surface area contributed by atoms with E-state index in [0.29, 0.717) is 29.8 Å². The van der Waals surface area contributed by atoms with Gasteiger partial charge >= 0.3 is 5.69 Å². The molecule has 1 aliphatic carbocycles. The summed E-state index contributed by atoms with van der Waals surface area (Å²) in [5, 5.41) is 0. The molecule has 0 amide bonds. The first-order valence-electron chi connectivity index (χ1n) is 9.81. The lowest BCUT2D eigenvalue weighted by molar-refractivity contribution is 0.0633. The van der Waals surface area contributed by atoms with Crippen LogP contribution < -0.4 is 11.4 Å². The molecule has 4 atom stereocenters. The molecule has 5 nitrogen and oxygen atoms in total. The van der Waals surface area contributed by atoms with Gasteiger partial charge in [-0.2, -0.15) is 0 Å². The van der Waals surface area contributed by atoms with Gasteiger partial charge in [0.2, 0.25) is 5.91 Å². The van der Waals surface area contributed by atoms with Crippen LogP contribution in [-0.2, 0) is 6.54 Å². The molecule has 3 unspecified atom stereocenters. The molecular weight excluding hydrogens is 326 g/mol. The quantitative estimate of drug-likeness (QED) is 0.910. The van der Waals surface area contributed by atoms with E-state index in [1.807, 2.05) is 31.2 Å². The molecule has 3 rings (SSSR count). The number of aromatic nitrogens is 2. The van der Waals surface area contributed by atoms with Crippen molar-refractivity contribution in [2.24, 2.45) is 29.4 Å². The Bertz CT molecular complexity index is 847. The first kappa shape index (κ1) is 18.9. The summed E-state index contributed by atoms with van der Waals surface area (Å²) in [4.78, 5) is 26.6. The van der Waals surface area contributed by atoms with Crippen molar-refractivity contribution in [1.29, 1.82) is 0 Å². The number of carbonyl (C=O) groups is 1. The average molecular weight is 357 g/mol. The Morgan fingerprint density at radius 3 is 2.46 bits per heavy atom. The van der Waals surface area contributed by atoms with Crippen molar-refractivity contribution >= 4 is 16.9 Å². The normalized spacial score (nSPS) is 24.9. The number of imidazole rings is 1. The second-order valence-corrected chi connectivity index (χ2v) is 8.47. The summed E-state index contributed by atoms with van der Waals surface area (Å²) in [5.41, 5.74) is 7.17. The second kappa shape index (κ2) is 7.39. The largest absolute Gasteiger partial charge is 0.336 e. The molecule has 1 saturated carbocycles. The Labute approximate surface area is 155 Å². The van der Waals surface area contributed by atoms with Gasteiger partial charge in [-0.3, -0.25) is 9.36 Å². The maximum absolute atomic E-state index is 13.5. The van der Waals surface area contributed by atoms with E-state index >= 15 is 0 Å². The number of rotatable bonds is 4. The average Bonchev–Trinajstić information content (AvgIpc) is 2.85. The van der Waals surface area contributed by atoms with Crippen LogP contribution in [0.3, 0.4) is 0 Å². The molecule has 0 spiro atoms. The maximum Gasteiger partial charge on any atom is 0.336 e. The molecule has 5 heteroatoms. The fourth-order valence-corrected chi connectivity index (χ4v) is 4.54. The summed E-state index contributed by atoms with van der Waals surface area (Å²) >= 11 is 0. The molecule has 0 bridgehead atoms. The summed E-state index contributed by atoms with van der Waals surface area (Å²) in [5.74, 6) is 1.16. The third-order valence-corrected chi connectivity index (χ3v) is 5.87. The highest BCUT2D eigenvalue weighted by molar-refractivity contribution is 5.92. The van der Waals surface area contributed by atoms with Crippen LogP contribution in [0.15, 0.2) is 29.1 Å². The number of nitrogens with zero attached hydrogens (tertiary/aromatic N) is 2. The van der Waals surface area contributed by atoms with Gasteiger partial charge in [-0.15, -0.1) is 0 Å². The summed E-state index contributed by atoms with van der Waals surface area (Å²) in [6.45, 7) is 8.86. The first-order valence-corrected chi connectivity index (χ1v) is 9.81. The molecule has 0 saturated heterocycles. The number of nitrogens with two attached hydrogens (primary N) is 1. The van der Waals surface area contributed by atoms with Gasteiger partial charge in [0.05, 0.1) is 11.0 Å². The number of hydrogen-bond acceptors (Lipinski definition) is 3. The van der Waals surface area contributed by atoms with E-state index < -0.39 is 0 Å². The first-order chi connectivity index (χ1) is 12.3. The molecule has 26 heavy (non-hydrogen) atoms. The Hall–Kier alpha value is -1.88. The monoisotopic (exact) mass is 357 g/mol. The van der Waals surface area contributed by atoms with Crippen molar-refractivity contribution in [2.75, 3.05) is 0 Å². The second-order valence-electron chi connectivity index (χ2n) is 8.47. The molecule has 1 aromatic heterocycles. The fraction of sp³-hybridized carbons (Fsp3) is 0.619. The van der Waals surface area contributed by atoms with Crippen molar-refractivity contribution < 1.29 is 4.79 Å². The SMILES string of the molecule is CC1CCC(C(C)C)C(C(=O)n2c(=O)n(C[C@@H](C)N)c3ccccc32)C1. The third-order valence-electron chi connectivity index (χ3n) is 5.87. The van der Waals surface area contributed by atoms with Gasteiger partial charge in [0.15, 0.2) is 0 Å². The van der Waals surface area contributed by atoms with Crippen LogP contribution in [0.4, 0.5) is 0 Å². The van der Waals surface area contributed by atoms with E-state index in [1.54, 1.807) is 4.57 Å². The molecular formula is C21H31N3O2. The minimum atomic E-state index is -0.255. The highest BCUT2D eigenvalue weighted by Gasteiger charge is 2.37. The molecule has 0 aliphatic heterocycles. The number of carbonyl (C=O) groups excluding carboxylic acids is 1. The molecule has 1 heterocycles. The number of benzene rings is 1. The molecule has 2 aromatic rings. The third kappa shape index (κ3) is 3.37. The molecule has 1 aliphatic rings. The van der Waals surface area contributed by atoms with Gasteiger partial charge < -0.3 is 5.73 Å². The standard InChI is InChI=1S/C21H31N3O2/c1-13(2)16-10-9-14(3)11-17(16)20(25)24-19-8-6-5-7-18(19)23(21(24)26)12-15(4)22/h5-8,13-17H,9-12,22H2,1-4H3/t14?,15-,16?,17?/m1/s1. The van der Waals surface area contributed by atoms with Crippen LogP contribution in [-0.4, -0.2) is 21.1 Å². The molecule has 2 N–H and O–H groups in total. The van der Waals surface area contributed by atoms with Crippen LogP contribution in [0.25, 0.3) is 11.0 Å². The molecule has 1 fully saturated rings. The van der Waals surface area contributed by atoms with Crippen molar-refractivity contribution in [3.8, 4) is 0 Å². The van der Waals surface area contributed by atoms with Crippen molar-refractivity contribution in [3.63, 3.8) is 0 Å². The maximum atomic E-state index is 13.5. The summed E-state index contributed by atoms with van der Waals surface area (Å²) in [6.07, 6.45) is 3.08. The van der Waals surface area contributed by atoms with Crippen molar-refractivity contribution in [1.82, 2.24) is 9.13 Å².